The maximum Gasteiger partial charge on any atom is 0.321 e. The lowest BCUT2D eigenvalue weighted by atomic mass is 10.1. The molecule has 0 unspecified atom stereocenters. The lowest BCUT2D eigenvalue weighted by Gasteiger charge is -2.37. The van der Waals surface area contributed by atoms with Crippen molar-refractivity contribution in [2.75, 3.05) is 39.4 Å². The van der Waals surface area contributed by atoms with E-state index in [1.165, 1.54) is 4.31 Å². The predicted octanol–water partition coefficient (Wildman–Crippen LogP) is 1.74. The van der Waals surface area contributed by atoms with E-state index < -0.39 is 16.2 Å². The van der Waals surface area contributed by atoms with Crippen molar-refractivity contribution in [1.82, 2.24) is 14.1 Å². The lowest BCUT2D eigenvalue weighted by Crippen LogP contribution is -2.53. The summed E-state index contributed by atoms with van der Waals surface area (Å²) >= 11 is 0. The Bertz CT molecular complexity index is 742. The maximum atomic E-state index is 13.2. The molecule has 2 fully saturated rings. The molecule has 144 valence electrons. The van der Waals surface area contributed by atoms with Gasteiger partial charge in [-0.25, -0.2) is 13.2 Å². The van der Waals surface area contributed by atoms with E-state index >= 15 is 0 Å². The molecule has 2 saturated heterocycles. The van der Waals surface area contributed by atoms with Crippen LogP contribution in [0.5, 0.6) is 0 Å². The van der Waals surface area contributed by atoms with Crippen LogP contribution in [0.15, 0.2) is 29.2 Å². The number of nitrogens with zero attached hydrogens (tertiary/aromatic N) is 3. The fourth-order valence-corrected chi connectivity index (χ4v) is 5.29. The summed E-state index contributed by atoms with van der Waals surface area (Å²) in [6, 6.07) is 6.75. The summed E-state index contributed by atoms with van der Waals surface area (Å²) in [5.74, 6) is -0.0114. The molecule has 0 bridgehead atoms. The first-order valence-electron chi connectivity index (χ1n) is 9.04. The summed E-state index contributed by atoms with van der Waals surface area (Å²) < 4.78 is 33.1. The second-order valence-corrected chi connectivity index (χ2v) is 9.05. The third-order valence-electron chi connectivity index (χ3n) is 4.93. The van der Waals surface area contributed by atoms with E-state index in [1.54, 1.807) is 34.1 Å². The van der Waals surface area contributed by atoms with Gasteiger partial charge in [-0.1, -0.05) is 31.5 Å². The van der Waals surface area contributed by atoms with Crippen molar-refractivity contribution in [2.24, 2.45) is 5.92 Å². The number of carbonyl (C=O) groups is 1. The van der Waals surface area contributed by atoms with Gasteiger partial charge in [-0.3, -0.25) is 0 Å². The molecule has 0 aromatic heterocycles. The lowest BCUT2D eigenvalue weighted by molar-refractivity contribution is 0.0370. The number of hydrogen-bond acceptors (Lipinski definition) is 4. The Kier molecular flexibility index (Phi) is 5.55. The van der Waals surface area contributed by atoms with Gasteiger partial charge in [-0.2, -0.15) is 4.31 Å². The Labute approximate surface area is 155 Å². The third kappa shape index (κ3) is 3.58. The van der Waals surface area contributed by atoms with E-state index in [9.17, 15) is 13.2 Å². The average Bonchev–Trinajstić information content (AvgIpc) is 3.08. The van der Waals surface area contributed by atoms with Crippen LogP contribution in [-0.2, 0) is 14.8 Å². The molecule has 2 heterocycles. The Morgan fingerprint density at radius 2 is 1.69 bits per heavy atom. The van der Waals surface area contributed by atoms with Crippen LogP contribution in [0.4, 0.5) is 4.79 Å². The van der Waals surface area contributed by atoms with Gasteiger partial charge in [-0.15, -0.1) is 0 Å². The van der Waals surface area contributed by atoms with Gasteiger partial charge in [0.05, 0.1) is 18.1 Å². The monoisotopic (exact) mass is 381 g/mol. The summed E-state index contributed by atoms with van der Waals surface area (Å²) in [7, 11) is -3.65. The molecule has 1 aromatic rings. The number of rotatable bonds is 3. The zero-order valence-electron chi connectivity index (χ0n) is 15.6. The molecule has 1 atom stereocenters. The van der Waals surface area contributed by atoms with Crippen molar-refractivity contribution < 1.29 is 17.9 Å². The third-order valence-corrected chi connectivity index (χ3v) is 6.81. The first-order chi connectivity index (χ1) is 12.3. The summed E-state index contributed by atoms with van der Waals surface area (Å²) in [6.07, 6.45) is -0.475. The number of urea groups is 1. The van der Waals surface area contributed by atoms with E-state index in [2.05, 4.69) is 0 Å². The Hall–Kier alpha value is -1.64. The average molecular weight is 381 g/mol. The van der Waals surface area contributed by atoms with Crippen molar-refractivity contribution in [3.05, 3.63) is 29.8 Å². The molecular formula is C18H27N3O4S. The van der Waals surface area contributed by atoms with Crippen molar-refractivity contribution in [3.63, 3.8) is 0 Å². The molecule has 2 aliphatic rings. The highest BCUT2D eigenvalue weighted by Gasteiger charge is 2.44. The van der Waals surface area contributed by atoms with E-state index in [1.807, 2.05) is 20.8 Å². The maximum absolute atomic E-state index is 13.2. The Morgan fingerprint density at radius 1 is 1.08 bits per heavy atom. The highest BCUT2D eigenvalue weighted by molar-refractivity contribution is 7.89. The molecule has 2 aliphatic heterocycles. The van der Waals surface area contributed by atoms with Gasteiger partial charge in [0, 0.05) is 26.2 Å². The largest absolute Gasteiger partial charge is 0.378 e. The molecule has 26 heavy (non-hydrogen) atoms. The number of benzene rings is 1. The standard InChI is InChI=1S/C18H27N3O4S/c1-14(2)17-20(18(22)19-10-12-25-13-11-19)8-9-21(17)26(23,24)16-6-4-15(3)5-7-16/h4-7,14,17H,8-13H2,1-3H3/t17-/m1/s1. The minimum Gasteiger partial charge on any atom is -0.378 e. The highest BCUT2D eigenvalue weighted by Crippen LogP contribution is 2.29. The second kappa shape index (κ2) is 7.54. The minimum absolute atomic E-state index is 0.0114. The van der Waals surface area contributed by atoms with Crippen LogP contribution in [0.25, 0.3) is 0 Å². The molecule has 0 spiro atoms. The molecule has 0 aliphatic carbocycles. The molecule has 3 rings (SSSR count). The van der Waals surface area contributed by atoms with E-state index in [0.717, 1.165) is 5.56 Å². The van der Waals surface area contributed by atoms with Crippen LogP contribution < -0.4 is 0 Å². The minimum atomic E-state index is -3.65. The SMILES string of the molecule is Cc1ccc(S(=O)(=O)N2CCN(C(=O)N3CCOCC3)[C@H]2C(C)C)cc1. The molecular weight excluding hydrogens is 354 g/mol. The van der Waals surface area contributed by atoms with Gasteiger partial charge in [0.15, 0.2) is 0 Å². The van der Waals surface area contributed by atoms with Crippen molar-refractivity contribution in [2.45, 2.75) is 31.8 Å². The van der Waals surface area contributed by atoms with E-state index in [4.69, 9.17) is 4.74 Å². The van der Waals surface area contributed by atoms with Crippen LogP contribution in [0, 0.1) is 12.8 Å². The zero-order valence-corrected chi connectivity index (χ0v) is 16.4. The summed E-state index contributed by atoms with van der Waals surface area (Å²) in [4.78, 5) is 16.7. The van der Waals surface area contributed by atoms with E-state index in [-0.39, 0.29) is 16.8 Å². The van der Waals surface area contributed by atoms with Crippen LogP contribution in [0.3, 0.4) is 0 Å². The fraction of sp³-hybridized carbons (Fsp3) is 0.611. The molecule has 1 aromatic carbocycles. The Morgan fingerprint density at radius 3 is 2.27 bits per heavy atom. The first kappa shape index (κ1) is 19.1. The van der Waals surface area contributed by atoms with Crippen LogP contribution in [0.1, 0.15) is 19.4 Å². The fourth-order valence-electron chi connectivity index (χ4n) is 3.57. The smallest absolute Gasteiger partial charge is 0.321 e. The van der Waals surface area contributed by atoms with Gasteiger partial charge in [0.1, 0.15) is 6.17 Å². The van der Waals surface area contributed by atoms with Gasteiger partial charge in [0.2, 0.25) is 10.0 Å². The Balaban J connectivity index is 1.86. The number of sulfonamides is 1. The summed E-state index contributed by atoms with van der Waals surface area (Å²) in [5, 5.41) is 0. The second-order valence-electron chi connectivity index (χ2n) is 7.16. The number of hydrogen-bond donors (Lipinski definition) is 0. The number of ether oxygens (including phenoxy) is 1. The topological polar surface area (TPSA) is 70.2 Å². The number of amides is 2. The van der Waals surface area contributed by atoms with E-state index in [0.29, 0.717) is 39.4 Å². The predicted molar refractivity (Wildman–Crippen MR) is 98.2 cm³/mol. The number of morpholine rings is 1. The normalized spacial score (nSPS) is 22.2. The van der Waals surface area contributed by atoms with Crippen LogP contribution in [-0.4, -0.2) is 74.1 Å². The summed E-state index contributed by atoms with van der Waals surface area (Å²) in [5.41, 5.74) is 1.01. The summed E-state index contributed by atoms with van der Waals surface area (Å²) in [6.45, 7) is 8.69. The van der Waals surface area contributed by atoms with Crippen LogP contribution >= 0.6 is 0 Å². The zero-order chi connectivity index (χ0) is 18.9. The van der Waals surface area contributed by atoms with Gasteiger partial charge in [-0.05, 0) is 25.0 Å². The van der Waals surface area contributed by atoms with Crippen molar-refractivity contribution in [1.29, 1.82) is 0 Å². The van der Waals surface area contributed by atoms with Gasteiger partial charge in [0.25, 0.3) is 0 Å². The van der Waals surface area contributed by atoms with Gasteiger partial charge < -0.3 is 14.5 Å². The number of carbonyl (C=O) groups excluding carboxylic acids is 1. The molecule has 0 radical (unpaired) electrons. The molecule has 8 heteroatoms. The van der Waals surface area contributed by atoms with Crippen LogP contribution in [0.2, 0.25) is 0 Å². The number of aryl methyl sites for hydroxylation is 1. The quantitative estimate of drug-likeness (QED) is 0.800. The first-order valence-corrected chi connectivity index (χ1v) is 10.5. The van der Waals surface area contributed by atoms with Crippen molar-refractivity contribution in [3.8, 4) is 0 Å². The van der Waals surface area contributed by atoms with Crippen molar-refractivity contribution >= 4 is 16.1 Å². The van der Waals surface area contributed by atoms with Gasteiger partial charge >= 0.3 is 6.03 Å². The highest BCUT2D eigenvalue weighted by atomic mass is 32.2. The molecule has 0 N–H and O–H groups in total. The molecule has 7 nitrogen and oxygen atoms in total. The molecule has 0 saturated carbocycles. The molecule has 2 amide bonds.